The molecule has 0 amide bonds. The molecule has 1 atom stereocenters. The van der Waals surface area contributed by atoms with E-state index in [2.05, 4.69) is 0 Å². The lowest BCUT2D eigenvalue weighted by atomic mass is 9.95. The van der Waals surface area contributed by atoms with Crippen LogP contribution in [0.25, 0.3) is 0 Å². The highest BCUT2D eigenvalue weighted by Crippen LogP contribution is 2.40. The summed E-state index contributed by atoms with van der Waals surface area (Å²) in [4.78, 5) is 22.9. The Kier molecular flexibility index (Phi) is 3.89. The van der Waals surface area contributed by atoms with E-state index in [1.165, 1.54) is 19.9 Å². The van der Waals surface area contributed by atoms with Crippen molar-refractivity contribution in [1.29, 1.82) is 0 Å². The summed E-state index contributed by atoms with van der Waals surface area (Å²) in [5, 5.41) is 9.50. The number of rotatable bonds is 3. The number of para-hydroxylation sites is 1. The molecule has 2 aromatic rings. The summed E-state index contributed by atoms with van der Waals surface area (Å²) in [6.45, 7) is 2.84. The second-order valence-electron chi connectivity index (χ2n) is 5.59. The fraction of sp³-hybridized carbons (Fsp3) is 0.222. The molecule has 1 N–H and O–H groups in total. The van der Waals surface area contributed by atoms with Gasteiger partial charge in [0.05, 0.1) is 0 Å². The number of benzene rings is 2. The van der Waals surface area contributed by atoms with Gasteiger partial charge in [0.25, 0.3) is 0 Å². The van der Waals surface area contributed by atoms with Crippen LogP contribution in [0.3, 0.4) is 0 Å². The van der Waals surface area contributed by atoms with Crippen LogP contribution >= 0.6 is 0 Å². The number of hydrogen-bond acceptors (Lipinski definition) is 5. The SMILES string of the molecule is CC(=O)OC(C)(C(=O)O)c1ccc2c(c1)Oc1ccccc1CO2. The van der Waals surface area contributed by atoms with Crippen molar-refractivity contribution in [2.45, 2.75) is 26.1 Å². The first-order chi connectivity index (χ1) is 11.4. The molecule has 0 aliphatic carbocycles. The largest absolute Gasteiger partial charge is 0.485 e. The molecule has 6 heteroatoms. The monoisotopic (exact) mass is 328 g/mol. The molecule has 3 rings (SSSR count). The molecular formula is C18H16O6. The Morgan fingerprint density at radius 1 is 1.12 bits per heavy atom. The van der Waals surface area contributed by atoms with Gasteiger partial charge in [0.2, 0.25) is 5.60 Å². The molecule has 1 aliphatic heterocycles. The van der Waals surface area contributed by atoms with E-state index in [1.807, 2.05) is 24.3 Å². The molecule has 1 aliphatic rings. The minimum atomic E-state index is -1.81. The van der Waals surface area contributed by atoms with E-state index in [0.717, 1.165) is 5.56 Å². The minimum absolute atomic E-state index is 0.284. The second kappa shape index (κ2) is 5.88. The summed E-state index contributed by atoms with van der Waals surface area (Å²) >= 11 is 0. The quantitative estimate of drug-likeness (QED) is 0.871. The third-order valence-corrected chi connectivity index (χ3v) is 3.83. The van der Waals surface area contributed by atoms with E-state index < -0.39 is 17.5 Å². The van der Waals surface area contributed by atoms with Gasteiger partial charge in [-0.25, -0.2) is 4.79 Å². The molecule has 0 aromatic heterocycles. The zero-order valence-electron chi connectivity index (χ0n) is 13.2. The van der Waals surface area contributed by atoms with Gasteiger partial charge in [0.1, 0.15) is 12.4 Å². The van der Waals surface area contributed by atoms with Crippen LogP contribution in [0, 0.1) is 0 Å². The van der Waals surface area contributed by atoms with Crippen molar-refractivity contribution in [3.8, 4) is 17.2 Å². The van der Waals surface area contributed by atoms with Crippen LogP contribution in [0.4, 0.5) is 0 Å². The number of fused-ring (bicyclic) bond motifs is 2. The number of hydrogen-bond donors (Lipinski definition) is 1. The Hall–Kier alpha value is -3.02. The standard InChI is InChI=1S/C18H16O6/c1-11(19)24-18(2,17(20)21)13-7-8-15-16(9-13)23-14-6-4-3-5-12(14)10-22-15/h3-9H,10H2,1-2H3,(H,20,21). The van der Waals surface area contributed by atoms with Crippen LogP contribution < -0.4 is 9.47 Å². The number of aliphatic carboxylic acids is 1. The Balaban J connectivity index is 2.04. The van der Waals surface area contributed by atoms with Gasteiger partial charge in [0.15, 0.2) is 11.5 Å². The van der Waals surface area contributed by atoms with Crippen molar-refractivity contribution in [2.24, 2.45) is 0 Å². The maximum atomic E-state index is 11.6. The molecule has 0 saturated heterocycles. The number of carbonyl (C=O) groups excluding carboxylic acids is 1. The van der Waals surface area contributed by atoms with Crippen LogP contribution in [0.1, 0.15) is 25.0 Å². The third-order valence-electron chi connectivity index (χ3n) is 3.83. The highest BCUT2D eigenvalue weighted by Gasteiger charge is 2.39. The molecular weight excluding hydrogens is 312 g/mol. The average molecular weight is 328 g/mol. The zero-order chi connectivity index (χ0) is 17.3. The van der Waals surface area contributed by atoms with E-state index in [-0.39, 0.29) is 5.56 Å². The van der Waals surface area contributed by atoms with Gasteiger partial charge in [-0.1, -0.05) is 24.3 Å². The zero-order valence-corrected chi connectivity index (χ0v) is 13.2. The molecule has 124 valence electrons. The highest BCUT2D eigenvalue weighted by molar-refractivity contribution is 5.82. The number of carbonyl (C=O) groups is 2. The first-order valence-electron chi connectivity index (χ1n) is 7.36. The molecule has 6 nitrogen and oxygen atoms in total. The van der Waals surface area contributed by atoms with Crippen molar-refractivity contribution in [1.82, 2.24) is 0 Å². The molecule has 0 spiro atoms. The maximum Gasteiger partial charge on any atom is 0.352 e. The summed E-state index contributed by atoms with van der Waals surface area (Å²) in [7, 11) is 0. The molecule has 0 saturated carbocycles. The minimum Gasteiger partial charge on any atom is -0.485 e. The van der Waals surface area contributed by atoms with Gasteiger partial charge in [-0.05, 0) is 25.1 Å². The molecule has 0 bridgehead atoms. The van der Waals surface area contributed by atoms with Crippen molar-refractivity contribution in [3.63, 3.8) is 0 Å². The second-order valence-corrected chi connectivity index (χ2v) is 5.59. The lowest BCUT2D eigenvalue weighted by Gasteiger charge is -2.25. The van der Waals surface area contributed by atoms with Gasteiger partial charge < -0.3 is 19.3 Å². The topological polar surface area (TPSA) is 82.1 Å². The summed E-state index contributed by atoms with van der Waals surface area (Å²) < 4.78 is 16.6. The molecule has 2 aromatic carbocycles. The van der Waals surface area contributed by atoms with Crippen molar-refractivity contribution < 1.29 is 28.9 Å². The summed E-state index contributed by atoms with van der Waals surface area (Å²) in [6, 6.07) is 12.1. The molecule has 24 heavy (non-hydrogen) atoms. The average Bonchev–Trinajstić information content (AvgIpc) is 2.72. The Morgan fingerprint density at radius 2 is 1.88 bits per heavy atom. The van der Waals surface area contributed by atoms with Gasteiger partial charge in [-0.2, -0.15) is 0 Å². The van der Waals surface area contributed by atoms with E-state index in [4.69, 9.17) is 14.2 Å². The van der Waals surface area contributed by atoms with E-state index >= 15 is 0 Å². The fourth-order valence-electron chi connectivity index (χ4n) is 2.51. The van der Waals surface area contributed by atoms with Gasteiger partial charge in [0, 0.05) is 18.1 Å². The van der Waals surface area contributed by atoms with Crippen molar-refractivity contribution in [3.05, 3.63) is 53.6 Å². The van der Waals surface area contributed by atoms with Crippen molar-refractivity contribution in [2.75, 3.05) is 0 Å². The highest BCUT2D eigenvalue weighted by atomic mass is 16.6. The van der Waals surface area contributed by atoms with E-state index in [9.17, 15) is 14.7 Å². The molecule has 0 fully saturated rings. The van der Waals surface area contributed by atoms with Crippen LogP contribution in [0.2, 0.25) is 0 Å². The predicted molar refractivity (Wildman–Crippen MR) is 84.0 cm³/mol. The lowest BCUT2D eigenvalue weighted by molar-refractivity contribution is -0.176. The van der Waals surface area contributed by atoms with Gasteiger partial charge in [-0.3, -0.25) is 4.79 Å². The van der Waals surface area contributed by atoms with Crippen LogP contribution in [-0.2, 0) is 26.5 Å². The third kappa shape index (κ3) is 2.78. The van der Waals surface area contributed by atoms with Crippen LogP contribution in [0.15, 0.2) is 42.5 Å². The number of carboxylic acids is 1. The van der Waals surface area contributed by atoms with Crippen LogP contribution in [-0.4, -0.2) is 17.0 Å². The number of esters is 1. The summed E-state index contributed by atoms with van der Waals surface area (Å²) in [5.74, 6) is -0.453. The van der Waals surface area contributed by atoms with E-state index in [0.29, 0.717) is 23.9 Å². The van der Waals surface area contributed by atoms with Crippen LogP contribution in [0.5, 0.6) is 17.2 Å². The first kappa shape index (κ1) is 15.9. The summed E-state index contributed by atoms with van der Waals surface area (Å²) in [6.07, 6.45) is 0. The Bertz CT molecular complexity index is 813. The predicted octanol–water partition coefficient (Wildman–Crippen LogP) is 3.23. The van der Waals surface area contributed by atoms with Gasteiger partial charge >= 0.3 is 11.9 Å². The van der Waals surface area contributed by atoms with Gasteiger partial charge in [-0.15, -0.1) is 0 Å². The Morgan fingerprint density at radius 3 is 2.58 bits per heavy atom. The molecule has 1 unspecified atom stereocenters. The normalized spacial score (nSPS) is 14.8. The lowest BCUT2D eigenvalue weighted by Crippen LogP contribution is -2.37. The van der Waals surface area contributed by atoms with E-state index in [1.54, 1.807) is 12.1 Å². The fourth-order valence-corrected chi connectivity index (χ4v) is 2.51. The number of ether oxygens (including phenoxy) is 3. The molecule has 0 radical (unpaired) electrons. The smallest absolute Gasteiger partial charge is 0.352 e. The molecule has 1 heterocycles. The van der Waals surface area contributed by atoms with Crippen molar-refractivity contribution >= 4 is 11.9 Å². The maximum absolute atomic E-state index is 11.6. The Labute approximate surface area is 138 Å². The summed E-state index contributed by atoms with van der Waals surface area (Å²) in [5.41, 5.74) is -0.640. The number of carboxylic acid groups (broad SMARTS) is 1. The first-order valence-corrected chi connectivity index (χ1v) is 7.36.